The van der Waals surface area contributed by atoms with Gasteiger partial charge in [-0.25, -0.2) is 0 Å². The molecule has 1 atom stereocenters. The molecule has 0 saturated heterocycles. The summed E-state index contributed by atoms with van der Waals surface area (Å²) in [5.41, 5.74) is 0. The van der Waals surface area contributed by atoms with Crippen molar-refractivity contribution in [1.82, 2.24) is 0 Å². The van der Waals surface area contributed by atoms with Crippen LogP contribution >= 0.6 is 0 Å². The van der Waals surface area contributed by atoms with E-state index in [1.54, 1.807) is 13.8 Å². The predicted molar refractivity (Wildman–Crippen MR) is 50.2 cm³/mol. The lowest BCUT2D eigenvalue weighted by atomic mass is 10.0. The lowest BCUT2D eigenvalue weighted by Crippen LogP contribution is -2.61. The lowest BCUT2D eigenvalue weighted by molar-refractivity contribution is -0.464. The summed E-state index contributed by atoms with van der Waals surface area (Å²) in [5, 5.41) is 59.3. The average molecular weight is 228 g/mol. The van der Waals surface area contributed by atoms with Crippen LogP contribution in [0.2, 0.25) is 0 Å². The van der Waals surface area contributed by atoms with E-state index < -0.39 is 17.9 Å². The third-order valence-electron chi connectivity index (χ3n) is 1.52. The Morgan fingerprint density at radius 3 is 1.53 bits per heavy atom. The lowest BCUT2D eigenvalue weighted by Gasteiger charge is -2.33. The normalized spacial score (nSPS) is 14.2. The first kappa shape index (κ1) is 17.1. The van der Waals surface area contributed by atoms with Gasteiger partial charge in [-0.2, -0.15) is 0 Å². The highest BCUT2D eigenvalue weighted by atomic mass is 16.7. The summed E-state index contributed by atoms with van der Waals surface area (Å²) in [5.74, 6) is -7.05. The molecule has 7 N–H and O–H groups in total. The van der Waals surface area contributed by atoms with E-state index in [1.807, 2.05) is 0 Å². The SMILES string of the molecule is CCCC(O)C(O)(O)C(O)(O)O.CCO. The van der Waals surface area contributed by atoms with Crippen molar-refractivity contribution in [3.8, 4) is 0 Å². The zero-order valence-corrected chi connectivity index (χ0v) is 8.83. The maximum atomic E-state index is 8.93. The van der Waals surface area contributed by atoms with Gasteiger partial charge in [-0.3, -0.25) is 0 Å². The van der Waals surface area contributed by atoms with E-state index in [1.165, 1.54) is 0 Å². The molecular weight excluding hydrogens is 208 g/mol. The molecule has 0 aromatic heterocycles. The maximum Gasteiger partial charge on any atom is 0.335 e. The van der Waals surface area contributed by atoms with Crippen LogP contribution in [-0.2, 0) is 0 Å². The maximum absolute atomic E-state index is 8.93. The van der Waals surface area contributed by atoms with Gasteiger partial charge in [0.15, 0.2) is 0 Å². The molecule has 0 spiro atoms. The van der Waals surface area contributed by atoms with Crippen molar-refractivity contribution in [2.24, 2.45) is 0 Å². The minimum Gasteiger partial charge on any atom is -0.397 e. The van der Waals surface area contributed by atoms with E-state index >= 15 is 0 Å². The molecule has 94 valence electrons. The van der Waals surface area contributed by atoms with E-state index in [9.17, 15) is 0 Å². The summed E-state index contributed by atoms with van der Waals surface area (Å²) in [4.78, 5) is 0. The molecule has 15 heavy (non-hydrogen) atoms. The van der Waals surface area contributed by atoms with Crippen LogP contribution in [0.25, 0.3) is 0 Å². The van der Waals surface area contributed by atoms with Gasteiger partial charge in [0, 0.05) is 6.61 Å². The fourth-order valence-corrected chi connectivity index (χ4v) is 0.698. The van der Waals surface area contributed by atoms with Crippen LogP contribution in [0.4, 0.5) is 0 Å². The van der Waals surface area contributed by atoms with E-state index in [2.05, 4.69) is 0 Å². The molecule has 0 aromatic rings. The molecule has 7 nitrogen and oxygen atoms in total. The summed E-state index contributed by atoms with van der Waals surface area (Å²) in [6, 6.07) is 0. The predicted octanol–water partition coefficient (Wildman–Crippen LogP) is -2.54. The van der Waals surface area contributed by atoms with E-state index in [0.717, 1.165) is 0 Å². The molecular formula is C8H20O7. The molecule has 0 aliphatic carbocycles. The molecule has 0 aliphatic heterocycles. The number of aliphatic hydroxyl groups excluding tert-OH is 2. The molecule has 0 radical (unpaired) electrons. The first-order valence-electron chi connectivity index (χ1n) is 4.55. The monoisotopic (exact) mass is 228 g/mol. The van der Waals surface area contributed by atoms with Crippen molar-refractivity contribution in [2.45, 2.75) is 44.6 Å². The topological polar surface area (TPSA) is 142 Å². The standard InChI is InChI=1S/C6H14O6.C2H6O/c1-2-3-4(7)5(8,9)6(10,11)12;1-2-3/h4,7-12H,2-3H2,1H3;3H,2H2,1H3. The van der Waals surface area contributed by atoms with Gasteiger partial charge in [0.1, 0.15) is 6.10 Å². The van der Waals surface area contributed by atoms with Crippen LogP contribution in [0.5, 0.6) is 0 Å². The first-order valence-corrected chi connectivity index (χ1v) is 4.55. The highest BCUT2D eigenvalue weighted by Crippen LogP contribution is 2.21. The Labute approximate surface area is 87.9 Å². The summed E-state index contributed by atoms with van der Waals surface area (Å²) >= 11 is 0. The van der Waals surface area contributed by atoms with Crippen molar-refractivity contribution in [1.29, 1.82) is 0 Å². The van der Waals surface area contributed by atoms with Crippen LogP contribution in [0.1, 0.15) is 26.7 Å². The second kappa shape index (κ2) is 7.07. The quantitative estimate of drug-likeness (QED) is 0.263. The minimum atomic E-state index is -3.72. The van der Waals surface area contributed by atoms with Crippen LogP contribution in [0.3, 0.4) is 0 Å². The highest BCUT2D eigenvalue weighted by Gasteiger charge is 2.51. The van der Waals surface area contributed by atoms with Crippen molar-refractivity contribution >= 4 is 0 Å². The zero-order valence-electron chi connectivity index (χ0n) is 8.83. The number of hydrogen-bond acceptors (Lipinski definition) is 7. The van der Waals surface area contributed by atoms with Crippen LogP contribution < -0.4 is 0 Å². The molecule has 0 saturated carbocycles. The van der Waals surface area contributed by atoms with Crippen molar-refractivity contribution in [3.05, 3.63) is 0 Å². The second-order valence-electron chi connectivity index (χ2n) is 2.98. The third-order valence-corrected chi connectivity index (χ3v) is 1.52. The summed E-state index contributed by atoms with van der Waals surface area (Å²) in [6.07, 6.45) is -1.49. The van der Waals surface area contributed by atoms with Gasteiger partial charge in [0.2, 0.25) is 0 Å². The zero-order chi connectivity index (χ0) is 12.7. The Kier molecular flexibility index (Phi) is 8.07. The fourth-order valence-electron chi connectivity index (χ4n) is 0.698. The van der Waals surface area contributed by atoms with Gasteiger partial charge in [-0.05, 0) is 13.3 Å². The smallest absolute Gasteiger partial charge is 0.335 e. The van der Waals surface area contributed by atoms with E-state index in [-0.39, 0.29) is 13.0 Å². The number of rotatable bonds is 4. The van der Waals surface area contributed by atoms with Crippen molar-refractivity contribution in [3.63, 3.8) is 0 Å². The fraction of sp³-hybridized carbons (Fsp3) is 1.00. The van der Waals surface area contributed by atoms with E-state index in [4.69, 9.17) is 35.7 Å². The Morgan fingerprint density at radius 2 is 1.33 bits per heavy atom. The van der Waals surface area contributed by atoms with Crippen LogP contribution in [0, 0.1) is 0 Å². The molecule has 0 bridgehead atoms. The Morgan fingerprint density at radius 1 is 1.00 bits per heavy atom. The molecule has 1 unspecified atom stereocenters. The highest BCUT2D eigenvalue weighted by molar-refractivity contribution is 4.80. The summed E-state index contributed by atoms with van der Waals surface area (Å²) in [7, 11) is 0. The Balaban J connectivity index is 0. The summed E-state index contributed by atoms with van der Waals surface area (Å²) < 4.78 is 0. The molecule has 0 heterocycles. The third kappa shape index (κ3) is 6.00. The Hall–Kier alpha value is -0.280. The molecule has 7 heteroatoms. The van der Waals surface area contributed by atoms with Crippen LogP contribution in [-0.4, -0.2) is 60.2 Å². The Bertz CT molecular complexity index is 152. The van der Waals surface area contributed by atoms with Gasteiger partial charge < -0.3 is 35.7 Å². The second-order valence-corrected chi connectivity index (χ2v) is 2.98. The molecule has 0 amide bonds. The van der Waals surface area contributed by atoms with Crippen molar-refractivity contribution < 1.29 is 35.7 Å². The number of aliphatic hydroxyl groups is 7. The molecule has 0 rings (SSSR count). The van der Waals surface area contributed by atoms with Gasteiger partial charge in [-0.1, -0.05) is 13.3 Å². The molecule has 0 aromatic carbocycles. The average Bonchev–Trinajstić information content (AvgIpc) is 2.04. The van der Waals surface area contributed by atoms with Gasteiger partial charge in [-0.15, -0.1) is 0 Å². The minimum absolute atomic E-state index is 0.0730. The van der Waals surface area contributed by atoms with Gasteiger partial charge >= 0.3 is 5.97 Å². The van der Waals surface area contributed by atoms with Crippen molar-refractivity contribution in [2.75, 3.05) is 6.61 Å². The molecule has 0 aliphatic rings. The van der Waals surface area contributed by atoms with E-state index in [0.29, 0.717) is 6.42 Å². The van der Waals surface area contributed by atoms with Gasteiger partial charge in [0.25, 0.3) is 5.79 Å². The largest absolute Gasteiger partial charge is 0.397 e. The number of hydrogen-bond donors (Lipinski definition) is 7. The van der Waals surface area contributed by atoms with Crippen LogP contribution in [0.15, 0.2) is 0 Å². The first-order chi connectivity index (χ1) is 6.65. The summed E-state index contributed by atoms with van der Waals surface area (Å²) in [6.45, 7) is 3.58. The molecule has 0 fully saturated rings. The van der Waals surface area contributed by atoms with Gasteiger partial charge in [0.05, 0.1) is 0 Å².